The summed E-state index contributed by atoms with van der Waals surface area (Å²) in [5.41, 5.74) is 0.751. The summed E-state index contributed by atoms with van der Waals surface area (Å²) in [6.07, 6.45) is -0.286. The van der Waals surface area contributed by atoms with Gasteiger partial charge in [-0.2, -0.15) is 4.31 Å². The van der Waals surface area contributed by atoms with Crippen molar-refractivity contribution in [2.24, 2.45) is 0 Å². The van der Waals surface area contributed by atoms with Crippen LogP contribution < -0.4 is 0 Å². The van der Waals surface area contributed by atoms with Gasteiger partial charge >= 0.3 is 5.97 Å². The fraction of sp³-hybridized carbons (Fsp3) is 0.556. The number of sulfonamides is 1. The summed E-state index contributed by atoms with van der Waals surface area (Å²) in [7, 11) is -1.00. The lowest BCUT2D eigenvalue weighted by Crippen LogP contribution is -2.34. The number of hydrogen-bond acceptors (Lipinski definition) is 6. The summed E-state index contributed by atoms with van der Waals surface area (Å²) in [6.45, 7) is 1.85. The van der Waals surface area contributed by atoms with Crippen molar-refractivity contribution in [1.29, 1.82) is 0 Å². The molecule has 0 saturated carbocycles. The van der Waals surface area contributed by atoms with E-state index in [1.165, 1.54) is 19.7 Å². The SMILES string of the molecule is COC(C)CN(C)S(=O)(=O)c1scnc1C(=O)O. The molecule has 0 aliphatic rings. The van der Waals surface area contributed by atoms with Crippen LogP contribution in [0.4, 0.5) is 0 Å². The van der Waals surface area contributed by atoms with E-state index in [1.807, 2.05) is 0 Å². The van der Waals surface area contributed by atoms with E-state index in [0.717, 1.165) is 15.6 Å². The van der Waals surface area contributed by atoms with E-state index in [2.05, 4.69) is 4.98 Å². The molecular weight excluding hydrogens is 280 g/mol. The van der Waals surface area contributed by atoms with Gasteiger partial charge in [-0.15, -0.1) is 11.3 Å². The molecule has 0 spiro atoms. The first kappa shape index (κ1) is 15.0. The van der Waals surface area contributed by atoms with Crippen LogP contribution in [0.5, 0.6) is 0 Å². The van der Waals surface area contributed by atoms with Crippen LogP contribution in [0, 0.1) is 0 Å². The first-order chi connectivity index (χ1) is 8.30. The number of ether oxygens (including phenoxy) is 1. The number of carboxylic acid groups (broad SMARTS) is 1. The predicted molar refractivity (Wildman–Crippen MR) is 65.4 cm³/mol. The lowest BCUT2D eigenvalue weighted by Gasteiger charge is -2.19. The topological polar surface area (TPSA) is 96.8 Å². The predicted octanol–water partition coefficient (Wildman–Crippen LogP) is 0.497. The Balaban J connectivity index is 3.06. The van der Waals surface area contributed by atoms with E-state index >= 15 is 0 Å². The second-order valence-electron chi connectivity index (χ2n) is 3.63. The van der Waals surface area contributed by atoms with Gasteiger partial charge in [0.15, 0.2) is 9.90 Å². The van der Waals surface area contributed by atoms with Crippen LogP contribution in [0.2, 0.25) is 0 Å². The molecule has 0 radical (unpaired) electrons. The zero-order chi connectivity index (χ0) is 13.9. The van der Waals surface area contributed by atoms with Gasteiger partial charge < -0.3 is 9.84 Å². The molecule has 9 heteroatoms. The molecule has 0 saturated heterocycles. The van der Waals surface area contributed by atoms with Crippen molar-refractivity contribution in [1.82, 2.24) is 9.29 Å². The summed E-state index contributed by atoms with van der Waals surface area (Å²) < 4.78 is 30.1. The monoisotopic (exact) mass is 294 g/mol. The number of thiazole rings is 1. The average Bonchev–Trinajstić information content (AvgIpc) is 2.78. The Bertz CT molecular complexity index is 525. The van der Waals surface area contributed by atoms with Crippen LogP contribution in [-0.4, -0.2) is 55.6 Å². The van der Waals surface area contributed by atoms with Crippen LogP contribution in [0.15, 0.2) is 9.72 Å². The Morgan fingerprint density at radius 3 is 2.78 bits per heavy atom. The molecule has 0 aromatic carbocycles. The molecule has 0 fully saturated rings. The first-order valence-corrected chi connectivity index (χ1v) is 7.28. The molecule has 0 bridgehead atoms. The van der Waals surface area contributed by atoms with E-state index in [4.69, 9.17) is 9.84 Å². The van der Waals surface area contributed by atoms with Gasteiger partial charge in [0.1, 0.15) is 0 Å². The summed E-state index contributed by atoms with van der Waals surface area (Å²) in [5.74, 6) is -1.36. The molecule has 18 heavy (non-hydrogen) atoms. The van der Waals surface area contributed by atoms with Gasteiger partial charge in [-0.25, -0.2) is 18.2 Å². The molecule has 1 atom stereocenters. The lowest BCUT2D eigenvalue weighted by molar-refractivity contribution is 0.0687. The molecule has 0 aliphatic carbocycles. The van der Waals surface area contributed by atoms with Crippen molar-refractivity contribution in [3.05, 3.63) is 11.2 Å². The molecule has 1 aromatic heterocycles. The van der Waals surface area contributed by atoms with Gasteiger partial charge in [0.25, 0.3) is 10.0 Å². The van der Waals surface area contributed by atoms with Crippen LogP contribution in [0.25, 0.3) is 0 Å². The second-order valence-corrected chi connectivity index (χ2v) is 6.72. The molecule has 102 valence electrons. The number of rotatable bonds is 6. The largest absolute Gasteiger partial charge is 0.476 e. The Morgan fingerprint density at radius 2 is 2.28 bits per heavy atom. The van der Waals surface area contributed by atoms with Gasteiger partial charge in [-0.05, 0) is 6.92 Å². The molecule has 1 unspecified atom stereocenters. The van der Waals surface area contributed by atoms with E-state index < -0.39 is 21.7 Å². The molecule has 7 nitrogen and oxygen atoms in total. The maximum absolute atomic E-state index is 12.1. The number of nitrogens with zero attached hydrogens (tertiary/aromatic N) is 2. The summed E-state index contributed by atoms with van der Waals surface area (Å²) >= 11 is 0.785. The van der Waals surface area contributed by atoms with Crippen LogP contribution in [-0.2, 0) is 14.8 Å². The van der Waals surface area contributed by atoms with Gasteiger partial charge in [0, 0.05) is 20.7 Å². The molecular formula is C9H14N2O5S2. The van der Waals surface area contributed by atoms with Crippen LogP contribution >= 0.6 is 11.3 Å². The minimum absolute atomic E-state index is 0.135. The highest BCUT2D eigenvalue weighted by atomic mass is 32.2. The lowest BCUT2D eigenvalue weighted by atomic mass is 10.4. The number of methoxy groups -OCH3 is 1. The highest BCUT2D eigenvalue weighted by Crippen LogP contribution is 2.23. The molecule has 1 N–H and O–H groups in total. The van der Waals surface area contributed by atoms with Crippen molar-refractivity contribution in [3.63, 3.8) is 0 Å². The first-order valence-electron chi connectivity index (χ1n) is 4.96. The average molecular weight is 294 g/mol. The van der Waals surface area contributed by atoms with Gasteiger partial charge in [-0.1, -0.05) is 0 Å². The van der Waals surface area contributed by atoms with E-state index in [-0.39, 0.29) is 16.9 Å². The third-order valence-corrected chi connectivity index (χ3v) is 5.47. The number of carbonyl (C=O) groups is 1. The van der Waals surface area contributed by atoms with Crippen molar-refractivity contribution in [3.8, 4) is 0 Å². The molecule has 1 rings (SSSR count). The van der Waals surface area contributed by atoms with Crippen LogP contribution in [0.3, 0.4) is 0 Å². The minimum Gasteiger partial charge on any atom is -0.476 e. The number of carboxylic acids is 1. The highest BCUT2D eigenvalue weighted by Gasteiger charge is 2.30. The van der Waals surface area contributed by atoms with Gasteiger partial charge in [0.05, 0.1) is 11.6 Å². The number of aromatic nitrogens is 1. The quantitative estimate of drug-likeness (QED) is 0.820. The fourth-order valence-corrected chi connectivity index (χ4v) is 3.81. The smallest absolute Gasteiger partial charge is 0.356 e. The Hall–Kier alpha value is -1.03. The highest BCUT2D eigenvalue weighted by molar-refractivity contribution is 7.91. The number of aromatic carboxylic acids is 1. The maximum Gasteiger partial charge on any atom is 0.356 e. The third-order valence-electron chi connectivity index (χ3n) is 2.30. The van der Waals surface area contributed by atoms with Crippen molar-refractivity contribution >= 4 is 27.3 Å². The maximum atomic E-state index is 12.1. The number of likely N-dealkylation sites (N-methyl/N-ethyl adjacent to an activating group) is 1. The standard InChI is InChI=1S/C9H14N2O5S2/c1-6(16-3)4-11(2)18(14,15)9-7(8(12)13)10-5-17-9/h5-6H,4H2,1-3H3,(H,12,13). The third kappa shape index (κ3) is 3.05. The molecule has 1 aromatic rings. The van der Waals surface area contributed by atoms with E-state index in [0.29, 0.717) is 0 Å². The van der Waals surface area contributed by atoms with E-state index in [1.54, 1.807) is 6.92 Å². The van der Waals surface area contributed by atoms with Crippen LogP contribution in [0.1, 0.15) is 17.4 Å². The fourth-order valence-electron chi connectivity index (χ4n) is 1.24. The van der Waals surface area contributed by atoms with Crippen molar-refractivity contribution in [2.75, 3.05) is 20.7 Å². The molecule has 1 heterocycles. The Kier molecular flexibility index (Phi) is 4.79. The van der Waals surface area contributed by atoms with Crippen molar-refractivity contribution < 1.29 is 23.1 Å². The van der Waals surface area contributed by atoms with Crippen molar-refractivity contribution in [2.45, 2.75) is 17.2 Å². The van der Waals surface area contributed by atoms with Gasteiger partial charge in [0.2, 0.25) is 0 Å². The molecule has 0 aliphatic heterocycles. The zero-order valence-corrected chi connectivity index (χ0v) is 11.8. The Labute approximate surface area is 109 Å². The Morgan fingerprint density at radius 1 is 1.67 bits per heavy atom. The summed E-state index contributed by atoms with van der Waals surface area (Å²) in [5, 5.41) is 8.86. The van der Waals surface area contributed by atoms with E-state index in [9.17, 15) is 13.2 Å². The summed E-state index contributed by atoms with van der Waals surface area (Å²) in [6, 6.07) is 0. The van der Waals surface area contributed by atoms with Gasteiger partial charge in [-0.3, -0.25) is 0 Å². The zero-order valence-electron chi connectivity index (χ0n) is 10.2. The normalized spacial score (nSPS) is 13.8. The second kappa shape index (κ2) is 5.74. The molecule has 0 amide bonds. The minimum atomic E-state index is -3.85. The number of hydrogen-bond donors (Lipinski definition) is 1. The summed E-state index contributed by atoms with van der Waals surface area (Å²) in [4.78, 5) is 14.4.